The Morgan fingerprint density at radius 2 is 1.81 bits per heavy atom. The third-order valence-electron chi connectivity index (χ3n) is 5.08. The van der Waals surface area contributed by atoms with Crippen molar-refractivity contribution < 1.29 is 23.5 Å². The number of carbonyl (C=O) groups is 2. The number of rotatable bonds is 5. The van der Waals surface area contributed by atoms with Crippen LogP contribution < -0.4 is 10.6 Å². The van der Waals surface area contributed by atoms with Gasteiger partial charge in [-0.2, -0.15) is 0 Å². The first-order valence-electron chi connectivity index (χ1n) is 10.6. The number of alkyl carbamates (subject to hydrolysis) is 1. The highest BCUT2D eigenvalue weighted by atomic mass is 19.1. The van der Waals surface area contributed by atoms with E-state index >= 15 is 0 Å². The number of ether oxygens (including phenoxy) is 2. The van der Waals surface area contributed by atoms with Gasteiger partial charge in [0.2, 0.25) is 5.95 Å². The van der Waals surface area contributed by atoms with Crippen molar-refractivity contribution in [2.75, 3.05) is 12.4 Å². The van der Waals surface area contributed by atoms with Crippen LogP contribution in [0.15, 0.2) is 30.5 Å². The van der Waals surface area contributed by atoms with Gasteiger partial charge in [-0.25, -0.2) is 23.9 Å². The maximum absolute atomic E-state index is 14.4. The molecule has 1 fully saturated rings. The molecule has 0 radical (unpaired) electrons. The van der Waals surface area contributed by atoms with Crippen LogP contribution in [0.3, 0.4) is 0 Å². The van der Waals surface area contributed by atoms with Crippen LogP contribution in [-0.2, 0) is 9.47 Å². The highest BCUT2D eigenvalue weighted by molar-refractivity contribution is 5.90. The average Bonchev–Trinajstić information content (AvgIpc) is 2.74. The van der Waals surface area contributed by atoms with Crippen molar-refractivity contribution >= 4 is 18.0 Å². The Morgan fingerprint density at radius 1 is 1.12 bits per heavy atom. The Labute approximate surface area is 186 Å². The number of aromatic nitrogens is 2. The predicted octanol–water partition coefficient (Wildman–Crippen LogP) is 4.32. The lowest BCUT2D eigenvalue weighted by Gasteiger charge is -2.30. The third kappa shape index (κ3) is 6.38. The topological polar surface area (TPSA) is 102 Å². The second-order valence-corrected chi connectivity index (χ2v) is 8.80. The maximum Gasteiger partial charge on any atom is 0.407 e. The molecule has 1 aliphatic carbocycles. The molecule has 8 nitrogen and oxygen atoms in total. The molecule has 0 unspecified atom stereocenters. The molecule has 1 saturated carbocycles. The van der Waals surface area contributed by atoms with E-state index in [1.807, 2.05) is 20.8 Å². The summed E-state index contributed by atoms with van der Waals surface area (Å²) in [6, 6.07) is 6.61. The summed E-state index contributed by atoms with van der Waals surface area (Å²) >= 11 is 0. The molecule has 0 aliphatic heterocycles. The van der Waals surface area contributed by atoms with Gasteiger partial charge in [-0.3, -0.25) is 0 Å². The number of hydrogen-bond donors (Lipinski definition) is 2. The fourth-order valence-corrected chi connectivity index (χ4v) is 3.59. The van der Waals surface area contributed by atoms with Crippen LogP contribution in [0.4, 0.5) is 15.1 Å². The van der Waals surface area contributed by atoms with E-state index in [1.54, 1.807) is 18.2 Å². The summed E-state index contributed by atoms with van der Waals surface area (Å²) in [5, 5.41) is 6.16. The summed E-state index contributed by atoms with van der Waals surface area (Å²) in [4.78, 5) is 32.1. The van der Waals surface area contributed by atoms with Crippen molar-refractivity contribution in [2.45, 2.75) is 64.1 Å². The molecule has 0 saturated heterocycles. The van der Waals surface area contributed by atoms with Crippen molar-refractivity contribution in [3.05, 3.63) is 41.8 Å². The zero-order chi connectivity index (χ0) is 23.3. The molecule has 32 heavy (non-hydrogen) atoms. The highest BCUT2D eigenvalue weighted by Crippen LogP contribution is 2.25. The van der Waals surface area contributed by atoms with Crippen LogP contribution in [0.25, 0.3) is 11.3 Å². The summed E-state index contributed by atoms with van der Waals surface area (Å²) in [5.74, 6) is -0.771. The fourth-order valence-electron chi connectivity index (χ4n) is 3.59. The number of halogens is 1. The normalized spacial score (nSPS) is 18.5. The minimum absolute atomic E-state index is 0.0497. The standard InChI is InChI=1S/C23H29FN4O4/c1-23(2,3)32-22(30)27-17-10-8-16(9-11-17)26-21-25-13-18(24)19(28-21)14-6-5-7-15(12-14)20(29)31-4/h5-7,12-13,16-17H,8-11H2,1-4H3,(H,27,30)(H,25,26,28)/t16-,17-. The Bertz CT molecular complexity index is 969. The van der Waals surface area contributed by atoms with E-state index < -0.39 is 23.5 Å². The Hall–Kier alpha value is -3.23. The molecule has 1 aromatic carbocycles. The predicted molar refractivity (Wildman–Crippen MR) is 118 cm³/mol. The molecule has 1 aliphatic rings. The summed E-state index contributed by atoms with van der Waals surface area (Å²) < 4.78 is 24.5. The molecule has 2 N–H and O–H groups in total. The molecule has 1 heterocycles. The van der Waals surface area contributed by atoms with Crippen LogP contribution in [0, 0.1) is 5.82 Å². The number of esters is 1. The Balaban J connectivity index is 1.62. The van der Waals surface area contributed by atoms with Gasteiger partial charge in [0.25, 0.3) is 0 Å². The molecule has 0 atom stereocenters. The molecule has 0 bridgehead atoms. The Kier molecular flexibility index (Phi) is 7.27. The molecule has 172 valence electrons. The summed E-state index contributed by atoms with van der Waals surface area (Å²) in [6.07, 6.45) is 3.88. The number of nitrogens with one attached hydrogen (secondary N) is 2. The number of hydrogen-bond acceptors (Lipinski definition) is 7. The number of nitrogens with zero attached hydrogens (tertiary/aromatic N) is 2. The van der Waals surface area contributed by atoms with E-state index in [4.69, 9.17) is 9.47 Å². The van der Waals surface area contributed by atoms with Gasteiger partial charge in [0.1, 0.15) is 11.3 Å². The first-order valence-corrected chi connectivity index (χ1v) is 10.6. The first-order chi connectivity index (χ1) is 15.1. The van der Waals surface area contributed by atoms with E-state index in [2.05, 4.69) is 20.6 Å². The van der Waals surface area contributed by atoms with Crippen LogP contribution in [0.5, 0.6) is 0 Å². The second kappa shape index (κ2) is 9.93. The average molecular weight is 445 g/mol. The van der Waals surface area contributed by atoms with Gasteiger partial charge in [0.05, 0.1) is 18.9 Å². The van der Waals surface area contributed by atoms with E-state index in [0.29, 0.717) is 17.1 Å². The lowest BCUT2D eigenvalue weighted by molar-refractivity contribution is 0.0491. The number of amides is 1. The summed E-state index contributed by atoms with van der Waals surface area (Å²) in [7, 11) is 1.29. The minimum Gasteiger partial charge on any atom is -0.465 e. The van der Waals surface area contributed by atoms with Crippen molar-refractivity contribution in [3.8, 4) is 11.3 Å². The number of methoxy groups -OCH3 is 1. The fraction of sp³-hybridized carbons (Fsp3) is 0.478. The lowest BCUT2D eigenvalue weighted by atomic mass is 9.91. The van der Waals surface area contributed by atoms with E-state index in [0.717, 1.165) is 31.9 Å². The van der Waals surface area contributed by atoms with E-state index in [1.165, 1.54) is 13.2 Å². The van der Waals surface area contributed by atoms with Crippen molar-refractivity contribution in [3.63, 3.8) is 0 Å². The van der Waals surface area contributed by atoms with Gasteiger partial charge in [-0.1, -0.05) is 12.1 Å². The Morgan fingerprint density at radius 3 is 2.47 bits per heavy atom. The monoisotopic (exact) mass is 444 g/mol. The summed E-state index contributed by atoms with van der Waals surface area (Å²) in [6.45, 7) is 5.49. The zero-order valence-corrected chi connectivity index (χ0v) is 18.8. The quantitative estimate of drug-likeness (QED) is 0.662. The second-order valence-electron chi connectivity index (χ2n) is 8.80. The third-order valence-corrected chi connectivity index (χ3v) is 5.08. The van der Waals surface area contributed by atoms with Crippen LogP contribution in [0.1, 0.15) is 56.8 Å². The van der Waals surface area contributed by atoms with Crippen LogP contribution >= 0.6 is 0 Å². The van der Waals surface area contributed by atoms with Crippen LogP contribution in [-0.4, -0.2) is 46.8 Å². The molecular formula is C23H29FN4O4. The molecule has 2 aromatic rings. The first kappa shape index (κ1) is 23.4. The molecule has 1 amide bonds. The SMILES string of the molecule is COC(=O)c1cccc(-c2nc(N[C@H]3CC[C@H](NC(=O)OC(C)(C)C)CC3)ncc2F)c1. The lowest BCUT2D eigenvalue weighted by Crippen LogP contribution is -2.42. The van der Waals surface area contributed by atoms with Crippen molar-refractivity contribution in [1.29, 1.82) is 0 Å². The largest absolute Gasteiger partial charge is 0.465 e. The van der Waals surface area contributed by atoms with Gasteiger partial charge >= 0.3 is 12.1 Å². The molecule has 0 spiro atoms. The minimum atomic E-state index is -0.581. The van der Waals surface area contributed by atoms with E-state index in [-0.39, 0.29) is 17.8 Å². The van der Waals surface area contributed by atoms with Gasteiger partial charge in [0, 0.05) is 17.6 Å². The van der Waals surface area contributed by atoms with E-state index in [9.17, 15) is 14.0 Å². The summed E-state index contributed by atoms with van der Waals surface area (Å²) in [5.41, 5.74) is 0.347. The van der Waals surface area contributed by atoms with Crippen molar-refractivity contribution in [1.82, 2.24) is 15.3 Å². The number of anilines is 1. The van der Waals surface area contributed by atoms with Gasteiger partial charge < -0.3 is 20.1 Å². The van der Waals surface area contributed by atoms with Crippen LogP contribution in [0.2, 0.25) is 0 Å². The smallest absolute Gasteiger partial charge is 0.407 e. The molecular weight excluding hydrogens is 415 g/mol. The molecule has 1 aromatic heterocycles. The van der Waals surface area contributed by atoms with Crippen molar-refractivity contribution in [2.24, 2.45) is 0 Å². The molecule has 3 rings (SSSR count). The zero-order valence-electron chi connectivity index (χ0n) is 18.8. The number of carbonyl (C=O) groups excluding carboxylic acids is 2. The van der Waals surface area contributed by atoms with Gasteiger partial charge in [0.15, 0.2) is 5.82 Å². The molecule has 9 heteroatoms. The number of benzene rings is 1. The van der Waals surface area contributed by atoms with Gasteiger partial charge in [-0.05, 0) is 58.6 Å². The maximum atomic E-state index is 14.4. The van der Waals surface area contributed by atoms with Gasteiger partial charge in [-0.15, -0.1) is 0 Å². The highest BCUT2D eigenvalue weighted by Gasteiger charge is 2.25.